The van der Waals surface area contributed by atoms with Crippen molar-refractivity contribution >= 4 is 6.03 Å². The van der Waals surface area contributed by atoms with Crippen LogP contribution in [0.15, 0.2) is 0 Å². The van der Waals surface area contributed by atoms with Crippen molar-refractivity contribution in [1.82, 2.24) is 15.5 Å². The van der Waals surface area contributed by atoms with E-state index < -0.39 is 0 Å². The highest BCUT2D eigenvalue weighted by molar-refractivity contribution is 5.75. The predicted molar refractivity (Wildman–Crippen MR) is 52.7 cm³/mol. The Morgan fingerprint density at radius 1 is 1.62 bits per heavy atom. The van der Waals surface area contributed by atoms with E-state index >= 15 is 0 Å². The maximum Gasteiger partial charge on any atom is 0.317 e. The minimum atomic E-state index is -0.0719. The van der Waals surface area contributed by atoms with Gasteiger partial charge < -0.3 is 15.5 Å². The van der Waals surface area contributed by atoms with E-state index in [2.05, 4.69) is 24.5 Å². The number of piperazine rings is 1. The standard InChI is InChI=1S/C9H19N3O/c1-4-11-8(13)12-6-5-10-7-9(12,2)3/h10H,4-7H2,1-3H3,(H,11,13). The summed E-state index contributed by atoms with van der Waals surface area (Å²) in [5, 5.41) is 6.11. The summed E-state index contributed by atoms with van der Waals surface area (Å²) in [5.74, 6) is 0. The van der Waals surface area contributed by atoms with Crippen LogP contribution in [-0.4, -0.2) is 42.6 Å². The molecule has 0 aromatic heterocycles. The Labute approximate surface area is 79.7 Å². The lowest BCUT2D eigenvalue weighted by Gasteiger charge is -2.42. The van der Waals surface area contributed by atoms with Gasteiger partial charge in [0.15, 0.2) is 0 Å². The van der Waals surface area contributed by atoms with Crippen molar-refractivity contribution in [2.75, 3.05) is 26.2 Å². The number of nitrogens with zero attached hydrogens (tertiary/aromatic N) is 1. The van der Waals surface area contributed by atoms with Crippen LogP contribution in [0, 0.1) is 0 Å². The molecule has 0 bridgehead atoms. The van der Waals surface area contributed by atoms with Crippen molar-refractivity contribution in [1.29, 1.82) is 0 Å². The fourth-order valence-electron chi connectivity index (χ4n) is 1.61. The monoisotopic (exact) mass is 185 g/mol. The molecule has 2 amide bonds. The second kappa shape index (κ2) is 3.96. The molecule has 0 unspecified atom stereocenters. The zero-order valence-corrected chi connectivity index (χ0v) is 8.68. The molecule has 4 heteroatoms. The van der Waals surface area contributed by atoms with Crippen molar-refractivity contribution in [2.45, 2.75) is 26.3 Å². The van der Waals surface area contributed by atoms with Gasteiger partial charge >= 0.3 is 6.03 Å². The number of nitrogens with one attached hydrogen (secondary N) is 2. The maximum atomic E-state index is 11.6. The topological polar surface area (TPSA) is 44.4 Å². The maximum absolute atomic E-state index is 11.6. The molecule has 1 aliphatic rings. The second-order valence-corrected chi connectivity index (χ2v) is 3.98. The van der Waals surface area contributed by atoms with E-state index in [1.165, 1.54) is 0 Å². The van der Waals surface area contributed by atoms with Gasteiger partial charge in [-0.05, 0) is 20.8 Å². The number of hydrogen-bond donors (Lipinski definition) is 2. The number of carbonyl (C=O) groups is 1. The van der Waals surface area contributed by atoms with Crippen molar-refractivity contribution in [2.24, 2.45) is 0 Å². The molecule has 1 aliphatic heterocycles. The van der Waals surface area contributed by atoms with E-state index in [4.69, 9.17) is 0 Å². The van der Waals surface area contributed by atoms with Gasteiger partial charge in [-0.15, -0.1) is 0 Å². The van der Waals surface area contributed by atoms with E-state index in [-0.39, 0.29) is 11.6 Å². The highest BCUT2D eigenvalue weighted by Gasteiger charge is 2.32. The van der Waals surface area contributed by atoms with Gasteiger partial charge in [0.25, 0.3) is 0 Å². The Morgan fingerprint density at radius 3 is 2.85 bits per heavy atom. The summed E-state index contributed by atoms with van der Waals surface area (Å²) in [4.78, 5) is 13.5. The minimum absolute atomic E-state index is 0.0500. The molecule has 1 rings (SSSR count). The summed E-state index contributed by atoms with van der Waals surface area (Å²) in [6, 6.07) is 0.0500. The zero-order chi connectivity index (χ0) is 9.90. The van der Waals surface area contributed by atoms with Crippen LogP contribution in [0.1, 0.15) is 20.8 Å². The average Bonchev–Trinajstić information content (AvgIpc) is 2.03. The molecule has 0 aliphatic carbocycles. The van der Waals surface area contributed by atoms with Crippen LogP contribution in [0.2, 0.25) is 0 Å². The molecular weight excluding hydrogens is 166 g/mol. The average molecular weight is 185 g/mol. The molecule has 0 aromatic rings. The lowest BCUT2D eigenvalue weighted by atomic mass is 10.0. The number of hydrogen-bond acceptors (Lipinski definition) is 2. The number of rotatable bonds is 1. The normalized spacial score (nSPS) is 21.3. The first-order valence-corrected chi connectivity index (χ1v) is 4.84. The molecule has 0 spiro atoms. The Kier molecular flexibility index (Phi) is 3.14. The van der Waals surface area contributed by atoms with Crippen LogP contribution < -0.4 is 10.6 Å². The highest BCUT2D eigenvalue weighted by atomic mass is 16.2. The second-order valence-electron chi connectivity index (χ2n) is 3.98. The number of urea groups is 1. The van der Waals surface area contributed by atoms with Gasteiger partial charge in [-0.2, -0.15) is 0 Å². The van der Waals surface area contributed by atoms with Gasteiger partial charge in [-0.1, -0.05) is 0 Å². The Bertz CT molecular complexity index is 191. The minimum Gasteiger partial charge on any atom is -0.338 e. The third kappa shape index (κ3) is 2.34. The molecule has 13 heavy (non-hydrogen) atoms. The van der Waals surface area contributed by atoms with Crippen LogP contribution in [0.25, 0.3) is 0 Å². The molecule has 1 fully saturated rings. The Hall–Kier alpha value is -0.770. The first kappa shape index (κ1) is 10.3. The van der Waals surface area contributed by atoms with Crippen LogP contribution >= 0.6 is 0 Å². The van der Waals surface area contributed by atoms with Gasteiger partial charge in [0.2, 0.25) is 0 Å². The summed E-state index contributed by atoms with van der Waals surface area (Å²) in [7, 11) is 0. The van der Waals surface area contributed by atoms with Crippen molar-refractivity contribution in [3.63, 3.8) is 0 Å². The van der Waals surface area contributed by atoms with Crippen molar-refractivity contribution in [3.05, 3.63) is 0 Å². The third-order valence-corrected chi connectivity index (χ3v) is 2.37. The summed E-state index contributed by atoms with van der Waals surface area (Å²) in [5.41, 5.74) is -0.0719. The molecule has 4 nitrogen and oxygen atoms in total. The third-order valence-electron chi connectivity index (χ3n) is 2.37. The van der Waals surface area contributed by atoms with Crippen LogP contribution in [0.3, 0.4) is 0 Å². The first-order valence-electron chi connectivity index (χ1n) is 4.84. The Morgan fingerprint density at radius 2 is 2.31 bits per heavy atom. The smallest absolute Gasteiger partial charge is 0.317 e. The van der Waals surface area contributed by atoms with Gasteiger partial charge in [0, 0.05) is 26.2 Å². The summed E-state index contributed by atoms with van der Waals surface area (Å²) in [6.07, 6.45) is 0. The van der Waals surface area contributed by atoms with Crippen molar-refractivity contribution < 1.29 is 4.79 Å². The molecule has 1 heterocycles. The van der Waals surface area contributed by atoms with E-state index in [9.17, 15) is 4.79 Å². The lowest BCUT2D eigenvalue weighted by molar-refractivity contribution is 0.113. The molecule has 0 radical (unpaired) electrons. The number of carbonyl (C=O) groups excluding carboxylic acids is 1. The number of amides is 2. The van der Waals surface area contributed by atoms with Crippen LogP contribution in [-0.2, 0) is 0 Å². The quantitative estimate of drug-likeness (QED) is 0.621. The van der Waals surface area contributed by atoms with Crippen molar-refractivity contribution in [3.8, 4) is 0 Å². The molecule has 1 saturated heterocycles. The fourth-order valence-corrected chi connectivity index (χ4v) is 1.61. The molecule has 0 aromatic carbocycles. The predicted octanol–water partition coefficient (Wildman–Crippen LogP) is 0.400. The van der Waals surface area contributed by atoms with Gasteiger partial charge in [-0.25, -0.2) is 4.79 Å². The largest absolute Gasteiger partial charge is 0.338 e. The molecule has 76 valence electrons. The molecular formula is C9H19N3O. The first-order chi connectivity index (χ1) is 6.08. The van der Waals surface area contributed by atoms with E-state index in [1.807, 2.05) is 11.8 Å². The summed E-state index contributed by atoms with van der Waals surface area (Å²) >= 11 is 0. The SMILES string of the molecule is CCNC(=O)N1CCNCC1(C)C. The fraction of sp³-hybridized carbons (Fsp3) is 0.889. The van der Waals surface area contributed by atoms with E-state index in [1.54, 1.807) is 0 Å². The van der Waals surface area contributed by atoms with Gasteiger partial charge in [0.05, 0.1) is 5.54 Å². The van der Waals surface area contributed by atoms with E-state index in [0.717, 1.165) is 19.6 Å². The van der Waals surface area contributed by atoms with Gasteiger partial charge in [-0.3, -0.25) is 0 Å². The van der Waals surface area contributed by atoms with Crippen LogP contribution in [0.5, 0.6) is 0 Å². The zero-order valence-electron chi connectivity index (χ0n) is 8.68. The molecule has 0 saturated carbocycles. The summed E-state index contributed by atoms with van der Waals surface area (Å²) < 4.78 is 0. The highest BCUT2D eigenvalue weighted by Crippen LogP contribution is 2.15. The molecule has 2 N–H and O–H groups in total. The molecule has 0 atom stereocenters. The Balaban J connectivity index is 2.59. The van der Waals surface area contributed by atoms with Gasteiger partial charge in [0.1, 0.15) is 0 Å². The lowest BCUT2D eigenvalue weighted by Crippen LogP contribution is -2.61. The summed E-state index contributed by atoms with van der Waals surface area (Å²) in [6.45, 7) is 9.33. The van der Waals surface area contributed by atoms with Crippen LogP contribution in [0.4, 0.5) is 4.79 Å². The van der Waals surface area contributed by atoms with E-state index in [0.29, 0.717) is 6.54 Å².